The molecule has 6 heteroatoms. The molecule has 2 aromatic heterocycles. The van der Waals surface area contributed by atoms with Crippen LogP contribution in [0, 0.1) is 6.92 Å². The van der Waals surface area contributed by atoms with Crippen molar-refractivity contribution in [3.8, 4) is 5.69 Å². The summed E-state index contributed by atoms with van der Waals surface area (Å²) in [7, 11) is -3.75. The zero-order valence-corrected chi connectivity index (χ0v) is 31.2. The van der Waals surface area contributed by atoms with Crippen molar-refractivity contribution in [2.75, 3.05) is 0 Å². The summed E-state index contributed by atoms with van der Waals surface area (Å²) in [6.45, 7) is 4.62. The molecule has 0 unspecified atom stereocenters. The predicted molar refractivity (Wildman–Crippen MR) is 219 cm³/mol. The standard InChI is InChI=1S/C45H34N3SSi2/c1-31-15-13-22-38-43(31)46-45-47(36-20-9-10-21-37(36)48(38)45)32-27-29-35(30-28-32)51(33-16-5-3-6-17-33,34-18-7-4-8-19-34)42-26-14-25-41-44(42)49-39-23-11-12-24-40(39)50(41)2/h3-30H,1-2H3. The van der Waals surface area contributed by atoms with Gasteiger partial charge in [0.05, 0.1) is 22.1 Å². The van der Waals surface area contributed by atoms with Gasteiger partial charge in [-0.1, -0.05) is 152 Å². The Bertz CT molecular complexity index is 2710. The van der Waals surface area contributed by atoms with Crippen molar-refractivity contribution in [1.29, 1.82) is 0 Å². The molecule has 0 amide bonds. The first-order chi connectivity index (χ1) is 25.1. The average Bonchev–Trinajstić information content (AvgIpc) is 3.73. The molecule has 3 heterocycles. The smallest absolute Gasteiger partial charge is 0.220 e. The second-order valence-electron chi connectivity index (χ2n) is 13.4. The molecule has 0 saturated heterocycles. The van der Waals surface area contributed by atoms with Gasteiger partial charge in [-0.05, 0) is 80.0 Å². The fourth-order valence-electron chi connectivity index (χ4n) is 8.38. The fourth-order valence-corrected chi connectivity index (χ4v) is 18.0. The van der Waals surface area contributed by atoms with Gasteiger partial charge in [-0.25, -0.2) is 4.98 Å². The Morgan fingerprint density at radius 3 is 1.88 bits per heavy atom. The Kier molecular flexibility index (Phi) is 7.06. The molecule has 0 N–H and O–H groups in total. The van der Waals surface area contributed by atoms with Crippen molar-refractivity contribution in [3.63, 3.8) is 0 Å². The van der Waals surface area contributed by atoms with Crippen LogP contribution in [0.3, 0.4) is 0 Å². The minimum Gasteiger partial charge on any atom is -0.278 e. The summed E-state index contributed by atoms with van der Waals surface area (Å²) < 4.78 is 4.64. The summed E-state index contributed by atoms with van der Waals surface area (Å²) in [6, 6.07) is 63.5. The number of nitrogens with zero attached hydrogens (tertiary/aromatic N) is 3. The van der Waals surface area contributed by atoms with Gasteiger partial charge >= 0.3 is 0 Å². The summed E-state index contributed by atoms with van der Waals surface area (Å²) in [5.74, 6) is 0.938. The highest BCUT2D eigenvalue weighted by Crippen LogP contribution is 2.32. The SMILES string of the molecule is Cc1cccc2c1nc1n(-c3ccc([Si](c4ccccc4)(c4ccccc4)c4cccc5c4Sc4ccccc4[Si]5C)cc3)c3ccccc3n21. The zero-order valence-electron chi connectivity index (χ0n) is 28.4. The first-order valence-electron chi connectivity index (χ1n) is 17.5. The lowest BCUT2D eigenvalue weighted by Gasteiger charge is -2.38. The van der Waals surface area contributed by atoms with E-state index in [0.29, 0.717) is 0 Å². The van der Waals surface area contributed by atoms with Crippen LogP contribution in [0.4, 0.5) is 0 Å². The molecule has 1 aliphatic rings. The number of benzene rings is 7. The van der Waals surface area contributed by atoms with Gasteiger partial charge in [0.25, 0.3) is 0 Å². The van der Waals surface area contributed by atoms with E-state index in [1.54, 1.807) is 0 Å². The first-order valence-corrected chi connectivity index (χ1v) is 22.3. The second-order valence-corrected chi connectivity index (χ2v) is 20.6. The van der Waals surface area contributed by atoms with Gasteiger partial charge < -0.3 is 0 Å². The quantitative estimate of drug-likeness (QED) is 0.145. The molecule has 0 atom stereocenters. The predicted octanol–water partition coefficient (Wildman–Crippen LogP) is 6.82. The Labute approximate surface area is 304 Å². The van der Waals surface area contributed by atoms with Gasteiger partial charge in [-0.15, -0.1) is 0 Å². The third kappa shape index (κ3) is 4.47. The highest BCUT2D eigenvalue weighted by Gasteiger charge is 2.44. The van der Waals surface area contributed by atoms with E-state index in [9.17, 15) is 0 Å². The maximum atomic E-state index is 5.25. The van der Waals surface area contributed by atoms with Gasteiger partial charge in [-0.3, -0.25) is 8.97 Å². The van der Waals surface area contributed by atoms with Gasteiger partial charge in [0, 0.05) is 15.5 Å². The molecule has 1 radical (unpaired) electrons. The monoisotopic (exact) mass is 704 g/mol. The van der Waals surface area contributed by atoms with Crippen LogP contribution in [-0.4, -0.2) is 30.8 Å². The van der Waals surface area contributed by atoms with E-state index in [1.807, 2.05) is 11.8 Å². The van der Waals surface area contributed by atoms with Crippen molar-refractivity contribution in [3.05, 3.63) is 175 Å². The highest BCUT2D eigenvalue weighted by molar-refractivity contribution is 8.00. The van der Waals surface area contributed by atoms with E-state index < -0.39 is 16.9 Å². The Balaban J connectivity index is 1.24. The van der Waals surface area contributed by atoms with Crippen molar-refractivity contribution < 1.29 is 0 Å². The number of para-hydroxylation sites is 3. The van der Waals surface area contributed by atoms with Gasteiger partial charge in [0.1, 0.15) is 8.80 Å². The lowest BCUT2D eigenvalue weighted by atomic mass is 10.2. The van der Waals surface area contributed by atoms with Crippen LogP contribution in [0.1, 0.15) is 5.56 Å². The first kappa shape index (κ1) is 30.4. The molecule has 3 nitrogen and oxygen atoms in total. The molecule has 0 bridgehead atoms. The molecule has 0 saturated carbocycles. The van der Waals surface area contributed by atoms with Crippen LogP contribution in [0.25, 0.3) is 33.5 Å². The van der Waals surface area contributed by atoms with Gasteiger partial charge in [0.15, 0.2) is 8.07 Å². The number of hydrogen-bond donors (Lipinski definition) is 0. The molecule has 0 fully saturated rings. The number of rotatable bonds is 5. The third-order valence-corrected chi connectivity index (χ3v) is 19.8. The van der Waals surface area contributed by atoms with Crippen LogP contribution < -0.4 is 31.1 Å². The molecule has 10 rings (SSSR count). The number of imidazole rings is 2. The largest absolute Gasteiger partial charge is 0.278 e. The summed E-state index contributed by atoms with van der Waals surface area (Å²) in [6.07, 6.45) is 0. The van der Waals surface area contributed by atoms with Gasteiger partial charge in [-0.2, -0.15) is 0 Å². The molecular formula is C45H34N3SSi2. The summed E-state index contributed by atoms with van der Waals surface area (Å²) in [5.41, 5.74) is 6.79. The zero-order chi connectivity index (χ0) is 34.1. The second kappa shape index (κ2) is 11.8. The minimum absolute atomic E-state index is 0.935. The molecule has 9 aromatic rings. The lowest BCUT2D eigenvalue weighted by Crippen LogP contribution is -2.75. The molecule has 7 aromatic carbocycles. The minimum atomic E-state index is -2.81. The van der Waals surface area contributed by atoms with E-state index in [1.165, 1.54) is 46.5 Å². The molecule has 0 spiro atoms. The van der Waals surface area contributed by atoms with Crippen LogP contribution >= 0.6 is 11.8 Å². The summed E-state index contributed by atoms with van der Waals surface area (Å²) >= 11 is 1.98. The molecule has 51 heavy (non-hydrogen) atoms. The maximum Gasteiger partial charge on any atom is 0.220 e. The Hall–Kier alpha value is -5.41. The van der Waals surface area contributed by atoms with Crippen molar-refractivity contribution in [2.45, 2.75) is 23.3 Å². The van der Waals surface area contributed by atoms with Crippen LogP contribution in [0.2, 0.25) is 6.55 Å². The number of hydrogen-bond acceptors (Lipinski definition) is 2. The van der Waals surface area contributed by atoms with E-state index in [2.05, 4.69) is 192 Å². The normalized spacial score (nSPS) is 13.1. The maximum absolute atomic E-state index is 5.25. The molecule has 0 aliphatic carbocycles. The molecular weight excluding hydrogens is 671 g/mol. The van der Waals surface area contributed by atoms with E-state index in [-0.39, 0.29) is 0 Å². The van der Waals surface area contributed by atoms with Crippen LogP contribution in [0.5, 0.6) is 0 Å². The molecule has 243 valence electrons. The van der Waals surface area contributed by atoms with Crippen molar-refractivity contribution in [1.82, 2.24) is 14.0 Å². The summed E-state index contributed by atoms with van der Waals surface area (Å²) in [4.78, 5) is 8.10. The Morgan fingerprint density at radius 1 is 0.549 bits per heavy atom. The van der Waals surface area contributed by atoms with Crippen molar-refractivity contribution >= 4 is 87.6 Å². The third-order valence-electron chi connectivity index (χ3n) is 10.7. The van der Waals surface area contributed by atoms with Crippen LogP contribution in [0.15, 0.2) is 180 Å². The number of aryl methyl sites for hydroxylation is 1. The topological polar surface area (TPSA) is 22.2 Å². The van der Waals surface area contributed by atoms with Crippen LogP contribution in [-0.2, 0) is 0 Å². The average molecular weight is 705 g/mol. The summed E-state index contributed by atoms with van der Waals surface area (Å²) in [5, 5.41) is 8.66. The Morgan fingerprint density at radius 2 is 1.14 bits per heavy atom. The van der Waals surface area contributed by atoms with Crippen molar-refractivity contribution in [2.24, 2.45) is 0 Å². The van der Waals surface area contributed by atoms with E-state index in [0.717, 1.165) is 33.5 Å². The highest BCUT2D eigenvalue weighted by atomic mass is 32.2. The molecule has 1 aliphatic heterocycles. The number of aromatic nitrogens is 3. The lowest BCUT2D eigenvalue weighted by molar-refractivity contribution is 1.11. The van der Waals surface area contributed by atoms with E-state index >= 15 is 0 Å². The number of fused-ring (bicyclic) bond motifs is 7. The van der Waals surface area contributed by atoms with E-state index in [4.69, 9.17) is 4.98 Å². The van der Waals surface area contributed by atoms with Gasteiger partial charge in [0.2, 0.25) is 5.78 Å². The fraction of sp³-hybridized carbons (Fsp3) is 0.0444.